The van der Waals surface area contributed by atoms with Crippen molar-refractivity contribution >= 4 is 23.2 Å². The van der Waals surface area contributed by atoms with Gasteiger partial charge < -0.3 is 4.74 Å². The molecule has 0 radical (unpaired) electrons. The predicted molar refractivity (Wildman–Crippen MR) is 77.0 cm³/mol. The van der Waals surface area contributed by atoms with Crippen LogP contribution in [0.15, 0.2) is 18.2 Å². The lowest BCUT2D eigenvalue weighted by molar-refractivity contribution is -0.0288. The highest BCUT2D eigenvalue weighted by Gasteiger charge is 2.32. The van der Waals surface area contributed by atoms with E-state index in [0.717, 1.165) is 12.0 Å². The lowest BCUT2D eigenvalue weighted by Crippen LogP contribution is -2.53. The second-order valence-corrected chi connectivity index (χ2v) is 5.31. The molecule has 0 amide bonds. The summed E-state index contributed by atoms with van der Waals surface area (Å²) < 4.78 is 5.56. The Morgan fingerprint density at radius 1 is 1.39 bits per heavy atom. The second kappa shape index (κ2) is 6.73. The van der Waals surface area contributed by atoms with E-state index in [9.17, 15) is 0 Å². The molecule has 5 heteroatoms. The van der Waals surface area contributed by atoms with Gasteiger partial charge in [-0.2, -0.15) is 0 Å². The molecule has 3 nitrogen and oxygen atoms in total. The average Bonchev–Trinajstić information content (AvgIpc) is 2.37. The topological polar surface area (TPSA) is 47.3 Å². The van der Waals surface area contributed by atoms with Gasteiger partial charge in [0.2, 0.25) is 0 Å². The van der Waals surface area contributed by atoms with E-state index in [1.54, 1.807) is 7.11 Å². The van der Waals surface area contributed by atoms with Crippen LogP contribution in [-0.2, 0) is 11.2 Å². The van der Waals surface area contributed by atoms with Gasteiger partial charge in [-0.05, 0) is 37.5 Å². The van der Waals surface area contributed by atoms with E-state index in [2.05, 4.69) is 12.3 Å². The Kier molecular flexibility index (Phi) is 5.89. The molecular formula is C13H20Cl2N2O. The molecule has 2 unspecified atom stereocenters. The first-order chi connectivity index (χ1) is 8.48. The zero-order valence-corrected chi connectivity index (χ0v) is 12.5. The molecule has 0 aromatic heterocycles. The summed E-state index contributed by atoms with van der Waals surface area (Å²) in [7, 11) is 1.68. The van der Waals surface area contributed by atoms with Crippen LogP contribution < -0.4 is 11.3 Å². The standard InChI is InChI=1S/C13H20Cl2N2O/c1-4-13(2,18-3)12(17-16)8-9-10(14)6-5-7-11(9)15/h5-7,12,17H,4,8,16H2,1-3H3. The van der Waals surface area contributed by atoms with Crippen LogP contribution in [0.1, 0.15) is 25.8 Å². The fraction of sp³-hybridized carbons (Fsp3) is 0.538. The first-order valence-corrected chi connectivity index (χ1v) is 6.68. The minimum Gasteiger partial charge on any atom is -0.377 e. The van der Waals surface area contributed by atoms with Gasteiger partial charge in [0, 0.05) is 17.2 Å². The molecule has 0 aliphatic carbocycles. The zero-order chi connectivity index (χ0) is 13.8. The van der Waals surface area contributed by atoms with Gasteiger partial charge in [0.1, 0.15) is 0 Å². The maximum Gasteiger partial charge on any atom is 0.0817 e. The van der Waals surface area contributed by atoms with Crippen LogP contribution in [0.25, 0.3) is 0 Å². The van der Waals surface area contributed by atoms with Crippen LogP contribution in [-0.4, -0.2) is 18.8 Å². The maximum absolute atomic E-state index is 6.17. The van der Waals surface area contributed by atoms with Crippen molar-refractivity contribution in [1.29, 1.82) is 0 Å². The van der Waals surface area contributed by atoms with Gasteiger partial charge in [-0.25, -0.2) is 0 Å². The third-order valence-corrected chi connectivity index (χ3v) is 4.28. The number of nitrogens with one attached hydrogen (secondary N) is 1. The van der Waals surface area contributed by atoms with E-state index < -0.39 is 0 Å². The molecule has 1 aromatic carbocycles. The molecule has 0 aliphatic rings. The number of rotatable bonds is 6. The quantitative estimate of drug-likeness (QED) is 0.625. The molecule has 0 aliphatic heterocycles. The van der Waals surface area contributed by atoms with Crippen molar-refractivity contribution in [3.05, 3.63) is 33.8 Å². The summed E-state index contributed by atoms with van der Waals surface area (Å²) in [6, 6.07) is 5.41. The van der Waals surface area contributed by atoms with Gasteiger partial charge in [-0.3, -0.25) is 11.3 Å². The molecule has 0 spiro atoms. The summed E-state index contributed by atoms with van der Waals surface area (Å²) in [4.78, 5) is 0. The largest absolute Gasteiger partial charge is 0.377 e. The third kappa shape index (κ3) is 3.37. The molecule has 0 fully saturated rings. The van der Waals surface area contributed by atoms with Crippen LogP contribution in [0.4, 0.5) is 0 Å². The maximum atomic E-state index is 6.17. The average molecular weight is 291 g/mol. The molecule has 18 heavy (non-hydrogen) atoms. The van der Waals surface area contributed by atoms with Gasteiger partial charge in [-0.1, -0.05) is 36.2 Å². The number of ether oxygens (including phenoxy) is 1. The number of hydrogen-bond donors (Lipinski definition) is 2. The summed E-state index contributed by atoms with van der Waals surface area (Å²) in [5.74, 6) is 5.64. The monoisotopic (exact) mass is 290 g/mol. The summed E-state index contributed by atoms with van der Waals surface area (Å²) in [6.45, 7) is 4.07. The Morgan fingerprint density at radius 3 is 2.33 bits per heavy atom. The van der Waals surface area contributed by atoms with Crippen molar-refractivity contribution in [2.75, 3.05) is 7.11 Å². The van der Waals surface area contributed by atoms with Crippen molar-refractivity contribution < 1.29 is 4.74 Å². The van der Waals surface area contributed by atoms with Crippen LogP contribution in [0.2, 0.25) is 10.0 Å². The van der Waals surface area contributed by atoms with Crippen molar-refractivity contribution in [3.8, 4) is 0 Å². The molecule has 1 rings (SSSR count). The Bertz CT molecular complexity index is 374. The lowest BCUT2D eigenvalue weighted by atomic mass is 9.88. The number of halogens is 2. The normalized spacial score (nSPS) is 16.3. The van der Waals surface area contributed by atoms with Gasteiger partial charge >= 0.3 is 0 Å². The van der Waals surface area contributed by atoms with Crippen molar-refractivity contribution in [1.82, 2.24) is 5.43 Å². The van der Waals surface area contributed by atoms with Gasteiger partial charge in [0.05, 0.1) is 11.6 Å². The van der Waals surface area contributed by atoms with Crippen molar-refractivity contribution in [3.63, 3.8) is 0 Å². The highest BCUT2D eigenvalue weighted by molar-refractivity contribution is 6.36. The highest BCUT2D eigenvalue weighted by atomic mass is 35.5. The van der Waals surface area contributed by atoms with E-state index in [1.807, 2.05) is 25.1 Å². The molecule has 2 atom stereocenters. The predicted octanol–water partition coefficient (Wildman–Crippen LogP) is 3.18. The van der Waals surface area contributed by atoms with Crippen molar-refractivity contribution in [2.45, 2.75) is 38.3 Å². The Labute approximate surface area is 119 Å². The van der Waals surface area contributed by atoms with Gasteiger partial charge in [-0.15, -0.1) is 0 Å². The first-order valence-electron chi connectivity index (χ1n) is 5.92. The minimum absolute atomic E-state index is 0.0649. The first kappa shape index (κ1) is 15.7. The Balaban J connectivity index is 3.00. The fourth-order valence-corrected chi connectivity index (χ4v) is 2.47. The number of hydrazine groups is 1. The third-order valence-electron chi connectivity index (χ3n) is 3.58. The Hall–Kier alpha value is -0.320. The van der Waals surface area contributed by atoms with E-state index in [-0.39, 0.29) is 11.6 Å². The summed E-state index contributed by atoms with van der Waals surface area (Å²) in [5, 5.41) is 1.30. The minimum atomic E-state index is -0.364. The van der Waals surface area contributed by atoms with Crippen LogP contribution >= 0.6 is 23.2 Å². The molecule has 3 N–H and O–H groups in total. The molecule has 0 saturated heterocycles. The van der Waals surface area contributed by atoms with E-state index in [0.29, 0.717) is 16.5 Å². The van der Waals surface area contributed by atoms with Crippen LogP contribution in [0.3, 0.4) is 0 Å². The zero-order valence-electron chi connectivity index (χ0n) is 11.0. The summed E-state index contributed by atoms with van der Waals surface area (Å²) in [5.41, 5.74) is 3.33. The molecular weight excluding hydrogens is 271 g/mol. The fourth-order valence-electron chi connectivity index (χ4n) is 1.92. The second-order valence-electron chi connectivity index (χ2n) is 4.49. The van der Waals surface area contributed by atoms with Gasteiger partial charge in [0.15, 0.2) is 0 Å². The number of benzene rings is 1. The molecule has 0 bridgehead atoms. The molecule has 1 aromatic rings. The van der Waals surface area contributed by atoms with E-state index in [4.69, 9.17) is 33.8 Å². The van der Waals surface area contributed by atoms with E-state index in [1.165, 1.54) is 0 Å². The smallest absolute Gasteiger partial charge is 0.0817 e. The van der Waals surface area contributed by atoms with Gasteiger partial charge in [0.25, 0.3) is 0 Å². The number of methoxy groups -OCH3 is 1. The number of hydrogen-bond acceptors (Lipinski definition) is 3. The molecule has 0 saturated carbocycles. The molecule has 102 valence electrons. The highest BCUT2D eigenvalue weighted by Crippen LogP contribution is 2.29. The summed E-state index contributed by atoms with van der Waals surface area (Å²) >= 11 is 12.3. The van der Waals surface area contributed by atoms with Crippen LogP contribution in [0.5, 0.6) is 0 Å². The lowest BCUT2D eigenvalue weighted by Gasteiger charge is -2.35. The number of nitrogens with two attached hydrogens (primary N) is 1. The van der Waals surface area contributed by atoms with Crippen LogP contribution in [0, 0.1) is 0 Å². The Morgan fingerprint density at radius 2 is 1.94 bits per heavy atom. The van der Waals surface area contributed by atoms with E-state index >= 15 is 0 Å². The summed E-state index contributed by atoms with van der Waals surface area (Å²) in [6.07, 6.45) is 1.45. The SMILES string of the molecule is CCC(C)(OC)C(Cc1c(Cl)cccc1Cl)NN. The van der Waals surface area contributed by atoms with Crippen molar-refractivity contribution in [2.24, 2.45) is 5.84 Å². The molecule has 0 heterocycles.